The normalized spacial score (nSPS) is 17.7. The standard InChI is InChI=1S/C29H36N4O2S/c1-19(30)26(34)32-25(29(2,3)4)28(35)33-17-11-16-23(33)27-31-22(18-36-27)24(20-12-7-5-8-13-20)21-14-9-6-10-15-21/h5-10,12-15,18-19,23-25H,11,16-17,30H2,1-4H3,(H,32,34)/t19-,23?,25+/m0/s1. The highest BCUT2D eigenvalue weighted by molar-refractivity contribution is 7.09. The van der Waals surface area contributed by atoms with Crippen LogP contribution >= 0.6 is 11.3 Å². The molecule has 0 bridgehead atoms. The van der Waals surface area contributed by atoms with Gasteiger partial charge < -0.3 is 16.0 Å². The topological polar surface area (TPSA) is 88.3 Å². The zero-order valence-corrected chi connectivity index (χ0v) is 22.3. The average Bonchev–Trinajstić information content (AvgIpc) is 3.53. The third kappa shape index (κ3) is 5.68. The molecular formula is C29H36N4O2S. The molecule has 2 aromatic carbocycles. The Balaban J connectivity index is 1.63. The fourth-order valence-corrected chi connectivity index (χ4v) is 5.78. The number of nitrogens with zero attached hydrogens (tertiary/aromatic N) is 2. The first-order chi connectivity index (χ1) is 17.2. The molecule has 6 nitrogen and oxygen atoms in total. The van der Waals surface area contributed by atoms with E-state index in [0.29, 0.717) is 6.54 Å². The zero-order chi connectivity index (χ0) is 25.9. The molecule has 0 spiro atoms. The Morgan fingerprint density at radius 2 is 1.64 bits per heavy atom. The highest BCUT2D eigenvalue weighted by atomic mass is 32.1. The lowest BCUT2D eigenvalue weighted by Gasteiger charge is -2.35. The lowest BCUT2D eigenvalue weighted by molar-refractivity contribution is -0.140. The van der Waals surface area contributed by atoms with Crippen LogP contribution in [0, 0.1) is 5.41 Å². The van der Waals surface area contributed by atoms with Gasteiger partial charge in [0.15, 0.2) is 0 Å². The number of likely N-dealkylation sites (tertiary alicyclic amines) is 1. The quantitative estimate of drug-likeness (QED) is 0.481. The summed E-state index contributed by atoms with van der Waals surface area (Å²) in [5.41, 5.74) is 8.69. The Labute approximate surface area is 217 Å². The monoisotopic (exact) mass is 504 g/mol. The number of benzene rings is 2. The lowest BCUT2D eigenvalue weighted by Crippen LogP contribution is -2.57. The van der Waals surface area contributed by atoms with E-state index in [0.717, 1.165) is 23.5 Å². The maximum absolute atomic E-state index is 13.8. The van der Waals surface area contributed by atoms with Crippen molar-refractivity contribution in [2.75, 3.05) is 6.54 Å². The van der Waals surface area contributed by atoms with Crippen molar-refractivity contribution in [2.24, 2.45) is 11.1 Å². The molecule has 1 saturated heterocycles. The molecule has 0 radical (unpaired) electrons. The van der Waals surface area contributed by atoms with E-state index >= 15 is 0 Å². The second-order valence-electron chi connectivity index (χ2n) is 10.7. The van der Waals surface area contributed by atoms with Crippen LogP contribution < -0.4 is 11.1 Å². The Bertz CT molecular complexity index is 1130. The number of hydrogen-bond donors (Lipinski definition) is 2. The van der Waals surface area contributed by atoms with Crippen molar-refractivity contribution < 1.29 is 9.59 Å². The minimum Gasteiger partial charge on any atom is -0.342 e. The van der Waals surface area contributed by atoms with E-state index < -0.39 is 17.5 Å². The molecule has 3 atom stereocenters. The Morgan fingerprint density at radius 1 is 1.06 bits per heavy atom. The molecule has 0 aliphatic carbocycles. The van der Waals surface area contributed by atoms with Crippen LogP contribution in [0.4, 0.5) is 0 Å². The number of aromatic nitrogens is 1. The molecule has 0 saturated carbocycles. The molecule has 2 heterocycles. The van der Waals surface area contributed by atoms with Crippen LogP contribution in [-0.4, -0.2) is 40.3 Å². The minimum atomic E-state index is -0.675. The van der Waals surface area contributed by atoms with Gasteiger partial charge in [0.2, 0.25) is 11.8 Å². The van der Waals surface area contributed by atoms with Gasteiger partial charge in [-0.1, -0.05) is 81.4 Å². The van der Waals surface area contributed by atoms with Crippen LogP contribution in [-0.2, 0) is 9.59 Å². The van der Waals surface area contributed by atoms with Crippen molar-refractivity contribution in [1.29, 1.82) is 0 Å². The number of nitrogens with two attached hydrogens (primary N) is 1. The summed E-state index contributed by atoms with van der Waals surface area (Å²) in [6.07, 6.45) is 1.77. The van der Waals surface area contributed by atoms with E-state index in [4.69, 9.17) is 10.7 Å². The molecule has 4 rings (SSSR count). The lowest BCUT2D eigenvalue weighted by atomic mass is 9.85. The summed E-state index contributed by atoms with van der Waals surface area (Å²) in [4.78, 5) is 33.2. The first-order valence-electron chi connectivity index (χ1n) is 12.6. The first-order valence-corrected chi connectivity index (χ1v) is 13.5. The van der Waals surface area contributed by atoms with Crippen LogP contribution in [0.15, 0.2) is 66.0 Å². The number of rotatable bonds is 7. The van der Waals surface area contributed by atoms with Crippen molar-refractivity contribution in [1.82, 2.24) is 15.2 Å². The van der Waals surface area contributed by atoms with Gasteiger partial charge in [0.1, 0.15) is 11.0 Å². The number of amides is 2. The minimum absolute atomic E-state index is 0.0237. The van der Waals surface area contributed by atoms with Crippen LogP contribution in [0.5, 0.6) is 0 Å². The molecule has 1 aliphatic heterocycles. The van der Waals surface area contributed by atoms with E-state index in [1.807, 2.05) is 37.8 Å². The largest absolute Gasteiger partial charge is 0.342 e. The maximum Gasteiger partial charge on any atom is 0.246 e. The van der Waals surface area contributed by atoms with Crippen molar-refractivity contribution in [2.45, 2.75) is 64.6 Å². The molecule has 1 fully saturated rings. The number of nitrogens with one attached hydrogen (secondary N) is 1. The highest BCUT2D eigenvalue weighted by Gasteiger charge is 2.41. The number of thiazole rings is 1. The second kappa shape index (κ2) is 10.9. The Kier molecular flexibility index (Phi) is 7.91. The van der Waals surface area contributed by atoms with Crippen molar-refractivity contribution in [3.8, 4) is 0 Å². The van der Waals surface area contributed by atoms with E-state index in [1.54, 1.807) is 18.3 Å². The smallest absolute Gasteiger partial charge is 0.246 e. The maximum atomic E-state index is 13.8. The molecular weight excluding hydrogens is 468 g/mol. The third-order valence-corrected chi connectivity index (χ3v) is 7.70. The van der Waals surface area contributed by atoms with Crippen molar-refractivity contribution in [3.63, 3.8) is 0 Å². The van der Waals surface area contributed by atoms with Gasteiger partial charge in [-0.15, -0.1) is 11.3 Å². The third-order valence-electron chi connectivity index (χ3n) is 6.74. The van der Waals surface area contributed by atoms with Crippen LogP contribution in [0.25, 0.3) is 0 Å². The van der Waals surface area contributed by atoms with Crippen LogP contribution in [0.3, 0.4) is 0 Å². The van der Waals surface area contributed by atoms with Gasteiger partial charge in [0.25, 0.3) is 0 Å². The fourth-order valence-electron chi connectivity index (χ4n) is 4.79. The first kappa shape index (κ1) is 26.0. The van der Waals surface area contributed by atoms with Gasteiger partial charge in [-0.3, -0.25) is 9.59 Å². The Hall–Kier alpha value is -3.03. The summed E-state index contributed by atoms with van der Waals surface area (Å²) < 4.78 is 0. The van der Waals surface area contributed by atoms with Crippen LogP contribution in [0.2, 0.25) is 0 Å². The highest BCUT2D eigenvalue weighted by Crippen LogP contribution is 2.39. The van der Waals surface area contributed by atoms with Gasteiger partial charge in [0.05, 0.1) is 23.7 Å². The van der Waals surface area contributed by atoms with Gasteiger partial charge in [-0.05, 0) is 36.3 Å². The van der Waals surface area contributed by atoms with Crippen molar-refractivity contribution in [3.05, 3.63) is 87.9 Å². The van der Waals surface area contributed by atoms with Crippen LogP contribution in [0.1, 0.15) is 74.3 Å². The molecule has 3 N–H and O–H groups in total. The summed E-state index contributed by atoms with van der Waals surface area (Å²) in [6.45, 7) is 8.18. The predicted molar refractivity (Wildman–Crippen MR) is 145 cm³/mol. The number of carbonyl (C=O) groups is 2. The van der Waals surface area contributed by atoms with E-state index in [9.17, 15) is 9.59 Å². The van der Waals surface area contributed by atoms with E-state index in [1.165, 1.54) is 11.1 Å². The summed E-state index contributed by atoms with van der Waals surface area (Å²) in [5.74, 6) is -0.363. The fraction of sp³-hybridized carbons (Fsp3) is 0.414. The molecule has 190 valence electrons. The van der Waals surface area contributed by atoms with E-state index in [-0.39, 0.29) is 23.8 Å². The molecule has 2 amide bonds. The molecule has 1 unspecified atom stereocenters. The second-order valence-corrected chi connectivity index (χ2v) is 11.5. The van der Waals surface area contributed by atoms with Gasteiger partial charge in [-0.2, -0.15) is 0 Å². The average molecular weight is 505 g/mol. The molecule has 3 aromatic rings. The van der Waals surface area contributed by atoms with Gasteiger partial charge in [-0.25, -0.2) is 4.98 Å². The molecule has 7 heteroatoms. The summed E-state index contributed by atoms with van der Waals surface area (Å²) in [5, 5.41) is 5.97. The SMILES string of the molecule is C[C@H](N)C(=O)N[C@H](C(=O)N1CCCC1c1nc(C(c2ccccc2)c2ccccc2)cs1)C(C)(C)C. The summed E-state index contributed by atoms with van der Waals surface area (Å²) in [6, 6.07) is 19.4. The van der Waals surface area contributed by atoms with E-state index in [2.05, 4.69) is 59.2 Å². The number of hydrogen-bond acceptors (Lipinski definition) is 5. The summed E-state index contributed by atoms with van der Waals surface area (Å²) >= 11 is 1.61. The molecule has 1 aromatic heterocycles. The zero-order valence-electron chi connectivity index (χ0n) is 21.5. The van der Waals surface area contributed by atoms with Gasteiger partial charge in [0, 0.05) is 11.9 Å². The van der Waals surface area contributed by atoms with Gasteiger partial charge >= 0.3 is 0 Å². The number of carbonyl (C=O) groups excluding carboxylic acids is 2. The summed E-state index contributed by atoms with van der Waals surface area (Å²) in [7, 11) is 0. The Morgan fingerprint density at radius 3 is 2.17 bits per heavy atom. The molecule has 1 aliphatic rings. The van der Waals surface area contributed by atoms with Crippen molar-refractivity contribution >= 4 is 23.2 Å². The predicted octanol–water partition coefficient (Wildman–Crippen LogP) is 4.86. The molecule has 36 heavy (non-hydrogen) atoms.